The zero-order chi connectivity index (χ0) is 16.4. The standard InChI is InChI=1S/C18H19N5O/c1-24-16-11-9-14(10-12-16)17-8-5-13-22(17)18-19-20-21-23(18)15-6-3-2-4-7-15/h2-4,6-7,9-12,17H,5,8,13H2,1H3. The van der Waals surface area contributed by atoms with E-state index in [9.17, 15) is 0 Å². The van der Waals surface area contributed by atoms with E-state index in [1.54, 1.807) is 7.11 Å². The molecule has 0 radical (unpaired) electrons. The number of anilines is 1. The SMILES string of the molecule is COc1ccc(C2CCCN2c2nnnn2-c2ccccc2)cc1. The quantitative estimate of drug-likeness (QED) is 0.739. The lowest BCUT2D eigenvalue weighted by molar-refractivity contribution is 0.414. The Hall–Kier alpha value is -2.89. The number of benzene rings is 2. The molecule has 6 nitrogen and oxygen atoms in total. The third kappa shape index (κ3) is 2.60. The van der Waals surface area contributed by atoms with Crippen molar-refractivity contribution in [3.8, 4) is 11.4 Å². The van der Waals surface area contributed by atoms with Gasteiger partial charge in [0.25, 0.3) is 5.95 Å². The summed E-state index contributed by atoms with van der Waals surface area (Å²) >= 11 is 0. The number of hydrogen-bond donors (Lipinski definition) is 0. The average molecular weight is 321 g/mol. The van der Waals surface area contributed by atoms with Gasteiger partial charge in [-0.25, -0.2) is 0 Å². The molecule has 1 saturated heterocycles. The first-order chi connectivity index (χ1) is 11.9. The number of para-hydroxylation sites is 1. The van der Waals surface area contributed by atoms with Gasteiger partial charge in [-0.15, -0.1) is 0 Å². The molecule has 2 aromatic carbocycles. The zero-order valence-corrected chi connectivity index (χ0v) is 13.5. The Labute approximate surface area is 140 Å². The fourth-order valence-electron chi connectivity index (χ4n) is 3.28. The van der Waals surface area contributed by atoms with E-state index in [0.29, 0.717) is 0 Å². The summed E-state index contributed by atoms with van der Waals surface area (Å²) in [5.74, 6) is 1.66. The smallest absolute Gasteiger partial charge is 0.250 e. The fourth-order valence-corrected chi connectivity index (χ4v) is 3.28. The van der Waals surface area contributed by atoms with Crippen molar-refractivity contribution in [3.63, 3.8) is 0 Å². The monoisotopic (exact) mass is 321 g/mol. The molecule has 4 rings (SSSR count). The Morgan fingerprint density at radius 1 is 1.04 bits per heavy atom. The second kappa shape index (κ2) is 6.31. The minimum atomic E-state index is 0.282. The van der Waals surface area contributed by atoms with E-state index >= 15 is 0 Å². The van der Waals surface area contributed by atoms with Crippen LogP contribution in [0.4, 0.5) is 5.95 Å². The van der Waals surface area contributed by atoms with E-state index in [1.807, 2.05) is 47.1 Å². The van der Waals surface area contributed by atoms with Crippen molar-refractivity contribution in [3.05, 3.63) is 60.2 Å². The van der Waals surface area contributed by atoms with Gasteiger partial charge in [-0.05, 0) is 53.1 Å². The molecule has 1 aliphatic rings. The molecule has 0 bridgehead atoms. The van der Waals surface area contributed by atoms with Gasteiger partial charge in [-0.2, -0.15) is 4.68 Å². The molecule has 24 heavy (non-hydrogen) atoms. The Morgan fingerprint density at radius 3 is 2.58 bits per heavy atom. The molecular weight excluding hydrogens is 302 g/mol. The molecule has 1 unspecified atom stereocenters. The second-order valence-corrected chi connectivity index (χ2v) is 5.85. The van der Waals surface area contributed by atoms with Gasteiger partial charge in [0.2, 0.25) is 0 Å². The van der Waals surface area contributed by atoms with Crippen LogP contribution in [-0.2, 0) is 0 Å². The molecule has 0 saturated carbocycles. The Morgan fingerprint density at radius 2 is 1.83 bits per heavy atom. The van der Waals surface area contributed by atoms with Crippen molar-refractivity contribution in [2.45, 2.75) is 18.9 Å². The molecule has 122 valence electrons. The molecule has 1 fully saturated rings. The van der Waals surface area contributed by atoms with Gasteiger partial charge in [0.15, 0.2) is 0 Å². The van der Waals surface area contributed by atoms with E-state index in [2.05, 4.69) is 32.6 Å². The summed E-state index contributed by atoms with van der Waals surface area (Å²) in [5, 5.41) is 12.4. The molecule has 2 heterocycles. The zero-order valence-electron chi connectivity index (χ0n) is 13.5. The number of ether oxygens (including phenoxy) is 1. The van der Waals surface area contributed by atoms with E-state index in [0.717, 1.165) is 36.8 Å². The van der Waals surface area contributed by atoms with Crippen molar-refractivity contribution in [2.24, 2.45) is 0 Å². The summed E-state index contributed by atoms with van der Waals surface area (Å²) in [4.78, 5) is 2.29. The van der Waals surface area contributed by atoms with Gasteiger partial charge >= 0.3 is 0 Å². The van der Waals surface area contributed by atoms with Crippen LogP contribution in [0.3, 0.4) is 0 Å². The highest BCUT2D eigenvalue weighted by Crippen LogP contribution is 2.36. The van der Waals surface area contributed by atoms with E-state index in [1.165, 1.54) is 5.56 Å². The predicted octanol–water partition coefficient (Wildman–Crippen LogP) is 3.01. The van der Waals surface area contributed by atoms with Gasteiger partial charge in [-0.1, -0.05) is 35.4 Å². The lowest BCUT2D eigenvalue weighted by Crippen LogP contribution is -2.26. The summed E-state index contributed by atoms with van der Waals surface area (Å²) in [5.41, 5.74) is 2.23. The highest BCUT2D eigenvalue weighted by Gasteiger charge is 2.30. The molecule has 1 atom stereocenters. The van der Waals surface area contributed by atoms with Crippen LogP contribution in [0.15, 0.2) is 54.6 Å². The molecule has 0 spiro atoms. The number of aromatic nitrogens is 4. The first-order valence-electron chi connectivity index (χ1n) is 8.11. The minimum absolute atomic E-state index is 0.282. The van der Waals surface area contributed by atoms with Crippen LogP contribution in [0.25, 0.3) is 5.69 Å². The average Bonchev–Trinajstić information content (AvgIpc) is 3.31. The van der Waals surface area contributed by atoms with E-state index < -0.39 is 0 Å². The number of hydrogen-bond acceptors (Lipinski definition) is 5. The van der Waals surface area contributed by atoms with Gasteiger partial charge in [0.05, 0.1) is 18.8 Å². The molecule has 3 aromatic rings. The first kappa shape index (κ1) is 14.7. The Bertz CT molecular complexity index is 800. The van der Waals surface area contributed by atoms with Crippen molar-refractivity contribution >= 4 is 5.95 Å². The number of tetrazole rings is 1. The summed E-state index contributed by atoms with van der Waals surface area (Å²) in [6.07, 6.45) is 2.21. The maximum Gasteiger partial charge on any atom is 0.250 e. The fraction of sp³-hybridized carbons (Fsp3) is 0.278. The Kier molecular flexibility index (Phi) is 3.86. The van der Waals surface area contributed by atoms with Gasteiger partial charge in [-0.3, -0.25) is 0 Å². The number of rotatable bonds is 4. The van der Waals surface area contributed by atoms with Gasteiger partial charge < -0.3 is 9.64 Å². The number of methoxy groups -OCH3 is 1. The summed E-state index contributed by atoms with van der Waals surface area (Å²) in [7, 11) is 1.69. The van der Waals surface area contributed by atoms with Crippen LogP contribution >= 0.6 is 0 Å². The maximum atomic E-state index is 5.26. The Balaban J connectivity index is 1.67. The van der Waals surface area contributed by atoms with Crippen molar-refractivity contribution < 1.29 is 4.74 Å². The molecule has 1 aromatic heterocycles. The molecule has 0 N–H and O–H groups in total. The van der Waals surface area contributed by atoms with E-state index in [-0.39, 0.29) is 6.04 Å². The van der Waals surface area contributed by atoms with Crippen LogP contribution < -0.4 is 9.64 Å². The van der Waals surface area contributed by atoms with Crippen molar-refractivity contribution in [1.82, 2.24) is 20.2 Å². The molecular formula is C18H19N5O. The largest absolute Gasteiger partial charge is 0.497 e. The molecule has 1 aliphatic heterocycles. The molecule has 6 heteroatoms. The minimum Gasteiger partial charge on any atom is -0.497 e. The first-order valence-corrected chi connectivity index (χ1v) is 8.11. The van der Waals surface area contributed by atoms with Gasteiger partial charge in [0.1, 0.15) is 5.75 Å². The maximum absolute atomic E-state index is 5.26. The van der Waals surface area contributed by atoms with Crippen LogP contribution in [0.1, 0.15) is 24.4 Å². The van der Waals surface area contributed by atoms with Gasteiger partial charge in [0, 0.05) is 6.54 Å². The van der Waals surface area contributed by atoms with Crippen LogP contribution in [0.2, 0.25) is 0 Å². The van der Waals surface area contributed by atoms with Crippen LogP contribution in [0, 0.1) is 0 Å². The predicted molar refractivity (Wildman–Crippen MR) is 91.5 cm³/mol. The molecule has 0 amide bonds. The lowest BCUT2D eigenvalue weighted by Gasteiger charge is -2.25. The van der Waals surface area contributed by atoms with Crippen LogP contribution in [-0.4, -0.2) is 33.9 Å². The lowest BCUT2D eigenvalue weighted by atomic mass is 10.0. The summed E-state index contributed by atoms with van der Waals surface area (Å²) < 4.78 is 7.07. The third-order valence-electron chi connectivity index (χ3n) is 4.46. The highest BCUT2D eigenvalue weighted by atomic mass is 16.5. The summed E-state index contributed by atoms with van der Waals surface area (Å²) in [6.45, 7) is 0.948. The van der Waals surface area contributed by atoms with Crippen molar-refractivity contribution in [1.29, 1.82) is 0 Å². The second-order valence-electron chi connectivity index (χ2n) is 5.85. The third-order valence-corrected chi connectivity index (χ3v) is 4.46. The summed E-state index contributed by atoms with van der Waals surface area (Å²) in [6, 6.07) is 18.5. The topological polar surface area (TPSA) is 56.1 Å². The van der Waals surface area contributed by atoms with Crippen molar-refractivity contribution in [2.75, 3.05) is 18.6 Å². The van der Waals surface area contributed by atoms with Crippen LogP contribution in [0.5, 0.6) is 5.75 Å². The molecule has 0 aliphatic carbocycles. The van der Waals surface area contributed by atoms with E-state index in [4.69, 9.17) is 4.74 Å². The normalized spacial score (nSPS) is 17.2. The number of nitrogens with zero attached hydrogens (tertiary/aromatic N) is 5. The highest BCUT2D eigenvalue weighted by molar-refractivity contribution is 5.45.